The summed E-state index contributed by atoms with van der Waals surface area (Å²) in [6.45, 7) is 5.90. The standard InChI is InChI=1S/C13H22N4O/c1-10(2)17-9-8-16-12(13(17)18)15-7-5-11-4-3-6-14-11/h8-11,14H,3-7H2,1-2H3,(H,15,16). The first kappa shape index (κ1) is 13.1. The second-order valence-corrected chi connectivity index (χ2v) is 5.09. The molecular formula is C13H22N4O. The molecular weight excluding hydrogens is 228 g/mol. The normalized spacial score (nSPS) is 19.4. The number of anilines is 1. The Labute approximate surface area is 108 Å². The van der Waals surface area contributed by atoms with Crippen LogP contribution in [0.1, 0.15) is 39.2 Å². The van der Waals surface area contributed by atoms with E-state index in [-0.39, 0.29) is 11.6 Å². The lowest BCUT2D eigenvalue weighted by Gasteiger charge is -2.13. The van der Waals surface area contributed by atoms with E-state index in [9.17, 15) is 4.79 Å². The quantitative estimate of drug-likeness (QED) is 0.829. The molecule has 2 rings (SSSR count). The molecule has 1 fully saturated rings. The van der Waals surface area contributed by atoms with Gasteiger partial charge in [0.2, 0.25) is 0 Å². The third-order valence-electron chi connectivity index (χ3n) is 3.37. The van der Waals surface area contributed by atoms with Gasteiger partial charge >= 0.3 is 0 Å². The maximum atomic E-state index is 12.1. The lowest BCUT2D eigenvalue weighted by Crippen LogP contribution is -2.28. The van der Waals surface area contributed by atoms with Crippen LogP contribution < -0.4 is 16.2 Å². The zero-order valence-electron chi connectivity index (χ0n) is 11.1. The highest BCUT2D eigenvalue weighted by Crippen LogP contribution is 2.08. The van der Waals surface area contributed by atoms with Gasteiger partial charge in [-0.2, -0.15) is 0 Å². The molecule has 5 nitrogen and oxygen atoms in total. The number of nitrogens with one attached hydrogen (secondary N) is 2. The van der Waals surface area contributed by atoms with E-state index >= 15 is 0 Å². The van der Waals surface area contributed by atoms with Gasteiger partial charge in [0, 0.05) is 31.0 Å². The molecule has 0 saturated carbocycles. The Balaban J connectivity index is 1.92. The molecule has 1 saturated heterocycles. The molecule has 0 amide bonds. The van der Waals surface area contributed by atoms with Crippen molar-refractivity contribution in [1.29, 1.82) is 0 Å². The molecule has 5 heteroatoms. The van der Waals surface area contributed by atoms with Crippen LogP contribution in [0.15, 0.2) is 17.2 Å². The number of hydrogen-bond donors (Lipinski definition) is 2. The van der Waals surface area contributed by atoms with E-state index in [1.54, 1.807) is 17.0 Å². The Kier molecular flexibility index (Phi) is 4.36. The van der Waals surface area contributed by atoms with Crippen LogP contribution in [0.2, 0.25) is 0 Å². The van der Waals surface area contributed by atoms with Crippen LogP contribution in [0.4, 0.5) is 5.82 Å². The van der Waals surface area contributed by atoms with E-state index in [1.807, 2.05) is 13.8 Å². The topological polar surface area (TPSA) is 59.0 Å². The molecule has 100 valence electrons. The fraction of sp³-hybridized carbons (Fsp3) is 0.692. The van der Waals surface area contributed by atoms with E-state index in [0.717, 1.165) is 19.5 Å². The van der Waals surface area contributed by atoms with Crippen molar-refractivity contribution in [3.05, 3.63) is 22.7 Å². The number of hydrogen-bond acceptors (Lipinski definition) is 4. The van der Waals surface area contributed by atoms with Crippen LogP contribution in [0, 0.1) is 0 Å². The number of aromatic nitrogens is 2. The van der Waals surface area contributed by atoms with Crippen LogP contribution in [0.25, 0.3) is 0 Å². The average Bonchev–Trinajstić information content (AvgIpc) is 2.84. The van der Waals surface area contributed by atoms with Crippen molar-refractivity contribution in [2.45, 2.75) is 45.2 Å². The minimum absolute atomic E-state index is 0.0353. The first-order valence-corrected chi connectivity index (χ1v) is 6.73. The lowest BCUT2D eigenvalue weighted by molar-refractivity contribution is 0.566. The second kappa shape index (κ2) is 6.00. The zero-order valence-corrected chi connectivity index (χ0v) is 11.1. The van der Waals surface area contributed by atoms with Gasteiger partial charge in [0.05, 0.1) is 0 Å². The molecule has 2 heterocycles. The molecule has 0 spiro atoms. The van der Waals surface area contributed by atoms with Crippen LogP contribution in [0.5, 0.6) is 0 Å². The van der Waals surface area contributed by atoms with Gasteiger partial charge in [-0.25, -0.2) is 4.98 Å². The van der Waals surface area contributed by atoms with E-state index in [1.165, 1.54) is 12.8 Å². The lowest BCUT2D eigenvalue weighted by atomic mass is 10.1. The first-order valence-electron chi connectivity index (χ1n) is 6.73. The Morgan fingerprint density at radius 2 is 2.44 bits per heavy atom. The highest BCUT2D eigenvalue weighted by Gasteiger charge is 2.13. The van der Waals surface area contributed by atoms with Gasteiger partial charge in [0.15, 0.2) is 5.82 Å². The first-order chi connectivity index (χ1) is 8.68. The maximum Gasteiger partial charge on any atom is 0.293 e. The van der Waals surface area contributed by atoms with Crippen molar-refractivity contribution < 1.29 is 0 Å². The predicted octanol–water partition coefficient (Wildman–Crippen LogP) is 1.38. The van der Waals surface area contributed by atoms with E-state index < -0.39 is 0 Å². The summed E-state index contributed by atoms with van der Waals surface area (Å²) in [5.41, 5.74) is -0.0353. The third kappa shape index (κ3) is 3.10. The van der Waals surface area contributed by atoms with Crippen molar-refractivity contribution in [2.24, 2.45) is 0 Å². The SMILES string of the molecule is CC(C)n1ccnc(NCCC2CCCN2)c1=O. The summed E-state index contributed by atoms with van der Waals surface area (Å²) in [4.78, 5) is 16.2. The minimum Gasteiger partial charge on any atom is -0.365 e. The van der Waals surface area contributed by atoms with E-state index in [0.29, 0.717) is 11.9 Å². The van der Waals surface area contributed by atoms with Gasteiger partial charge in [-0.1, -0.05) is 0 Å². The fourth-order valence-corrected chi connectivity index (χ4v) is 2.32. The molecule has 0 aliphatic carbocycles. The van der Waals surface area contributed by atoms with Gasteiger partial charge < -0.3 is 15.2 Å². The monoisotopic (exact) mass is 250 g/mol. The van der Waals surface area contributed by atoms with Crippen molar-refractivity contribution in [2.75, 3.05) is 18.4 Å². The zero-order chi connectivity index (χ0) is 13.0. The molecule has 1 aliphatic rings. The van der Waals surface area contributed by atoms with E-state index in [2.05, 4.69) is 15.6 Å². The molecule has 1 aromatic rings. The number of rotatable bonds is 5. The summed E-state index contributed by atoms with van der Waals surface area (Å²) >= 11 is 0. The Bertz CT molecular complexity index is 435. The summed E-state index contributed by atoms with van der Waals surface area (Å²) in [5.74, 6) is 0.462. The summed E-state index contributed by atoms with van der Waals surface area (Å²) in [6.07, 6.45) is 6.94. The van der Waals surface area contributed by atoms with Crippen molar-refractivity contribution in [3.63, 3.8) is 0 Å². The Morgan fingerprint density at radius 1 is 1.61 bits per heavy atom. The second-order valence-electron chi connectivity index (χ2n) is 5.09. The van der Waals surface area contributed by atoms with Crippen LogP contribution in [-0.4, -0.2) is 28.7 Å². The summed E-state index contributed by atoms with van der Waals surface area (Å²) in [7, 11) is 0. The average molecular weight is 250 g/mol. The highest BCUT2D eigenvalue weighted by molar-refractivity contribution is 5.30. The van der Waals surface area contributed by atoms with Gasteiger partial charge in [-0.3, -0.25) is 4.79 Å². The van der Waals surface area contributed by atoms with Gasteiger partial charge in [0.25, 0.3) is 5.56 Å². The molecule has 0 radical (unpaired) electrons. The van der Waals surface area contributed by atoms with Gasteiger partial charge in [0.1, 0.15) is 0 Å². The summed E-state index contributed by atoms with van der Waals surface area (Å²) in [5, 5.41) is 6.59. The number of nitrogens with zero attached hydrogens (tertiary/aromatic N) is 2. The molecule has 0 aromatic carbocycles. The van der Waals surface area contributed by atoms with Crippen molar-refractivity contribution >= 4 is 5.82 Å². The minimum atomic E-state index is -0.0353. The smallest absolute Gasteiger partial charge is 0.293 e. The van der Waals surface area contributed by atoms with Crippen LogP contribution in [0.3, 0.4) is 0 Å². The maximum absolute atomic E-state index is 12.1. The Morgan fingerprint density at radius 3 is 3.11 bits per heavy atom. The van der Waals surface area contributed by atoms with E-state index in [4.69, 9.17) is 0 Å². The molecule has 18 heavy (non-hydrogen) atoms. The molecule has 0 bridgehead atoms. The summed E-state index contributed by atoms with van der Waals surface area (Å²) < 4.78 is 1.70. The van der Waals surface area contributed by atoms with Gasteiger partial charge in [-0.15, -0.1) is 0 Å². The fourth-order valence-electron chi connectivity index (χ4n) is 2.32. The third-order valence-corrected chi connectivity index (χ3v) is 3.37. The molecule has 1 aromatic heterocycles. The predicted molar refractivity (Wildman–Crippen MR) is 73.0 cm³/mol. The van der Waals surface area contributed by atoms with Crippen LogP contribution >= 0.6 is 0 Å². The van der Waals surface area contributed by atoms with Crippen molar-refractivity contribution in [1.82, 2.24) is 14.9 Å². The molecule has 2 N–H and O–H groups in total. The molecule has 1 atom stereocenters. The van der Waals surface area contributed by atoms with Gasteiger partial charge in [-0.05, 0) is 39.7 Å². The van der Waals surface area contributed by atoms with Crippen molar-refractivity contribution in [3.8, 4) is 0 Å². The van der Waals surface area contributed by atoms with Crippen LogP contribution in [-0.2, 0) is 0 Å². The largest absolute Gasteiger partial charge is 0.365 e. The molecule has 1 unspecified atom stereocenters. The Hall–Kier alpha value is -1.36. The highest BCUT2D eigenvalue weighted by atomic mass is 16.1. The summed E-state index contributed by atoms with van der Waals surface area (Å²) in [6, 6.07) is 0.756. The molecule has 1 aliphatic heterocycles.